The summed E-state index contributed by atoms with van der Waals surface area (Å²) in [5.41, 5.74) is 1.71. The molecule has 0 bridgehead atoms. The third kappa shape index (κ3) is 3.02. The van der Waals surface area contributed by atoms with Crippen LogP contribution in [0.1, 0.15) is 13.8 Å². The Kier molecular flexibility index (Phi) is 4.45. The Labute approximate surface area is 123 Å². The number of pyridine rings is 1. The second-order valence-electron chi connectivity index (χ2n) is 5.00. The molecule has 0 aliphatic rings. The summed E-state index contributed by atoms with van der Waals surface area (Å²) in [7, 11) is 1.64. The second-order valence-corrected chi connectivity index (χ2v) is 5.44. The van der Waals surface area contributed by atoms with Crippen LogP contribution in [-0.2, 0) is 4.79 Å². The summed E-state index contributed by atoms with van der Waals surface area (Å²) in [5.74, 6) is 0.129. The SMILES string of the molecule is CNC(=O)C(Nc1ccnc2ccc(Cl)cc12)C(C)C. The summed E-state index contributed by atoms with van der Waals surface area (Å²) in [6.07, 6.45) is 1.72. The molecule has 1 unspecified atom stereocenters. The van der Waals surface area contributed by atoms with E-state index in [1.54, 1.807) is 19.3 Å². The number of hydrogen-bond donors (Lipinski definition) is 2. The summed E-state index contributed by atoms with van der Waals surface area (Å²) in [6, 6.07) is 7.08. The van der Waals surface area contributed by atoms with Crippen LogP contribution in [0.15, 0.2) is 30.5 Å². The van der Waals surface area contributed by atoms with Gasteiger partial charge >= 0.3 is 0 Å². The lowest BCUT2D eigenvalue weighted by molar-refractivity contribution is -0.122. The summed E-state index contributed by atoms with van der Waals surface area (Å²) in [4.78, 5) is 16.2. The Bertz CT molecular complexity index is 628. The third-order valence-corrected chi connectivity index (χ3v) is 3.45. The molecule has 0 radical (unpaired) electrons. The second kappa shape index (κ2) is 6.09. The molecule has 1 amide bonds. The van der Waals surface area contributed by atoms with Gasteiger partial charge in [-0.2, -0.15) is 0 Å². The van der Waals surface area contributed by atoms with Crippen LogP contribution in [0.3, 0.4) is 0 Å². The summed E-state index contributed by atoms with van der Waals surface area (Å²) in [5, 5.41) is 7.53. The van der Waals surface area contributed by atoms with Gasteiger partial charge < -0.3 is 10.6 Å². The number of anilines is 1. The highest BCUT2D eigenvalue weighted by atomic mass is 35.5. The molecule has 0 aliphatic carbocycles. The molecule has 0 aliphatic heterocycles. The Hall–Kier alpha value is -1.81. The number of nitrogens with one attached hydrogen (secondary N) is 2. The van der Waals surface area contributed by atoms with Gasteiger partial charge in [0, 0.05) is 29.3 Å². The summed E-state index contributed by atoms with van der Waals surface area (Å²) in [6.45, 7) is 4.01. The highest BCUT2D eigenvalue weighted by molar-refractivity contribution is 6.31. The Morgan fingerprint density at radius 1 is 1.30 bits per heavy atom. The van der Waals surface area contributed by atoms with Gasteiger partial charge in [0.05, 0.1) is 5.52 Å². The van der Waals surface area contributed by atoms with Crippen molar-refractivity contribution in [2.75, 3.05) is 12.4 Å². The van der Waals surface area contributed by atoms with Crippen molar-refractivity contribution in [2.24, 2.45) is 5.92 Å². The maximum atomic E-state index is 11.9. The lowest BCUT2D eigenvalue weighted by atomic mass is 10.0. The van der Waals surface area contributed by atoms with E-state index in [1.807, 2.05) is 32.0 Å². The predicted molar refractivity (Wildman–Crippen MR) is 83.1 cm³/mol. The maximum absolute atomic E-state index is 11.9. The quantitative estimate of drug-likeness (QED) is 0.910. The van der Waals surface area contributed by atoms with Crippen LogP contribution >= 0.6 is 11.6 Å². The van der Waals surface area contributed by atoms with Crippen LogP contribution in [0.4, 0.5) is 5.69 Å². The molecule has 1 heterocycles. The number of hydrogen-bond acceptors (Lipinski definition) is 3. The van der Waals surface area contributed by atoms with Gasteiger partial charge in [0.1, 0.15) is 6.04 Å². The minimum atomic E-state index is -0.301. The van der Waals surface area contributed by atoms with Gasteiger partial charge in [-0.3, -0.25) is 9.78 Å². The van der Waals surface area contributed by atoms with E-state index in [2.05, 4.69) is 15.6 Å². The molecule has 2 N–H and O–H groups in total. The molecule has 1 aromatic carbocycles. The average Bonchev–Trinajstić information content (AvgIpc) is 2.43. The third-order valence-electron chi connectivity index (χ3n) is 3.21. The van der Waals surface area contributed by atoms with Gasteiger partial charge in [0.25, 0.3) is 0 Å². The molecule has 2 aromatic rings. The standard InChI is InChI=1S/C15H18ClN3O/c1-9(2)14(15(20)17-3)19-13-6-7-18-12-5-4-10(16)8-11(12)13/h4-9,14H,1-3H3,(H,17,20)(H,18,19). The number of rotatable bonds is 4. The minimum Gasteiger partial charge on any atom is -0.373 e. The fourth-order valence-corrected chi connectivity index (χ4v) is 2.27. The average molecular weight is 292 g/mol. The smallest absolute Gasteiger partial charge is 0.242 e. The van der Waals surface area contributed by atoms with E-state index in [9.17, 15) is 4.79 Å². The van der Waals surface area contributed by atoms with Crippen molar-refractivity contribution in [1.29, 1.82) is 0 Å². The van der Waals surface area contributed by atoms with Crippen LogP contribution in [0.2, 0.25) is 5.02 Å². The van der Waals surface area contributed by atoms with Crippen LogP contribution < -0.4 is 10.6 Å². The van der Waals surface area contributed by atoms with Gasteiger partial charge in [-0.25, -0.2) is 0 Å². The Morgan fingerprint density at radius 2 is 2.05 bits per heavy atom. The number of halogens is 1. The number of benzene rings is 1. The van der Waals surface area contributed by atoms with Gasteiger partial charge in [0.2, 0.25) is 5.91 Å². The van der Waals surface area contributed by atoms with Gasteiger partial charge in [0.15, 0.2) is 0 Å². The number of nitrogens with zero attached hydrogens (tertiary/aromatic N) is 1. The molecule has 4 nitrogen and oxygen atoms in total. The van der Waals surface area contributed by atoms with Crippen molar-refractivity contribution in [1.82, 2.24) is 10.3 Å². The van der Waals surface area contributed by atoms with Crippen molar-refractivity contribution in [2.45, 2.75) is 19.9 Å². The van der Waals surface area contributed by atoms with E-state index < -0.39 is 0 Å². The lowest BCUT2D eigenvalue weighted by Gasteiger charge is -2.22. The fourth-order valence-electron chi connectivity index (χ4n) is 2.10. The monoisotopic (exact) mass is 291 g/mol. The number of aromatic nitrogens is 1. The van der Waals surface area contributed by atoms with Crippen molar-refractivity contribution >= 4 is 34.1 Å². The Balaban J connectivity index is 2.42. The van der Waals surface area contributed by atoms with Crippen molar-refractivity contribution in [3.63, 3.8) is 0 Å². The first kappa shape index (κ1) is 14.6. The topological polar surface area (TPSA) is 54.0 Å². The molecule has 20 heavy (non-hydrogen) atoms. The first-order valence-corrected chi connectivity index (χ1v) is 6.93. The molecule has 5 heteroatoms. The molecule has 1 atom stereocenters. The number of likely N-dealkylation sites (N-methyl/N-ethyl adjacent to an activating group) is 1. The largest absolute Gasteiger partial charge is 0.373 e. The number of carbonyl (C=O) groups is 1. The zero-order valence-electron chi connectivity index (χ0n) is 11.8. The summed E-state index contributed by atoms with van der Waals surface area (Å²) >= 11 is 6.04. The molecule has 0 fully saturated rings. The highest BCUT2D eigenvalue weighted by Crippen LogP contribution is 2.26. The van der Waals surface area contributed by atoms with Crippen LogP contribution in [-0.4, -0.2) is 24.0 Å². The van der Waals surface area contributed by atoms with E-state index in [0.29, 0.717) is 5.02 Å². The number of carbonyl (C=O) groups excluding carboxylic acids is 1. The van der Waals surface area contributed by atoms with E-state index in [-0.39, 0.29) is 17.9 Å². The first-order valence-electron chi connectivity index (χ1n) is 6.55. The van der Waals surface area contributed by atoms with E-state index >= 15 is 0 Å². The van der Waals surface area contributed by atoms with Crippen molar-refractivity contribution < 1.29 is 4.79 Å². The molecule has 0 saturated heterocycles. The minimum absolute atomic E-state index is 0.0352. The lowest BCUT2D eigenvalue weighted by Crippen LogP contribution is -2.41. The van der Waals surface area contributed by atoms with Crippen LogP contribution in [0.5, 0.6) is 0 Å². The van der Waals surface area contributed by atoms with E-state index in [4.69, 9.17) is 11.6 Å². The van der Waals surface area contributed by atoms with E-state index in [1.165, 1.54) is 0 Å². The van der Waals surface area contributed by atoms with Gasteiger partial charge in [-0.05, 0) is 30.2 Å². The number of amides is 1. The molecule has 1 aromatic heterocycles. The van der Waals surface area contributed by atoms with Gasteiger partial charge in [-0.1, -0.05) is 25.4 Å². The Morgan fingerprint density at radius 3 is 2.70 bits per heavy atom. The number of fused-ring (bicyclic) bond motifs is 1. The van der Waals surface area contributed by atoms with Crippen LogP contribution in [0, 0.1) is 5.92 Å². The van der Waals surface area contributed by atoms with E-state index in [0.717, 1.165) is 16.6 Å². The highest BCUT2D eigenvalue weighted by Gasteiger charge is 2.21. The van der Waals surface area contributed by atoms with Crippen molar-refractivity contribution in [3.05, 3.63) is 35.5 Å². The van der Waals surface area contributed by atoms with Crippen LogP contribution in [0.25, 0.3) is 10.9 Å². The van der Waals surface area contributed by atoms with Gasteiger partial charge in [-0.15, -0.1) is 0 Å². The molecule has 106 valence electrons. The van der Waals surface area contributed by atoms with Crippen molar-refractivity contribution in [3.8, 4) is 0 Å². The summed E-state index contributed by atoms with van der Waals surface area (Å²) < 4.78 is 0. The molecule has 0 spiro atoms. The molecule has 0 saturated carbocycles. The zero-order chi connectivity index (χ0) is 14.7. The zero-order valence-corrected chi connectivity index (χ0v) is 12.5. The molecular formula is C15H18ClN3O. The first-order chi connectivity index (χ1) is 9.52. The predicted octanol–water partition coefficient (Wildman–Crippen LogP) is 3.07. The molecular weight excluding hydrogens is 274 g/mol. The molecule has 2 rings (SSSR count). The fraction of sp³-hybridized carbons (Fsp3) is 0.333. The maximum Gasteiger partial charge on any atom is 0.242 e. The normalized spacial score (nSPS) is 12.4.